The first-order chi connectivity index (χ1) is 8.61. The number of hydrogen-bond donors (Lipinski definition) is 1. The molecule has 1 fully saturated rings. The molecule has 1 aliphatic rings. The highest BCUT2D eigenvalue weighted by molar-refractivity contribution is 5.77. The van der Waals surface area contributed by atoms with Crippen molar-refractivity contribution in [3.63, 3.8) is 0 Å². The second-order valence-electron chi connectivity index (χ2n) is 4.21. The zero-order valence-electron chi connectivity index (χ0n) is 9.96. The highest BCUT2D eigenvalue weighted by Gasteiger charge is 2.38. The van der Waals surface area contributed by atoms with Gasteiger partial charge in [0.2, 0.25) is 11.9 Å². The van der Waals surface area contributed by atoms with Gasteiger partial charge in [-0.2, -0.15) is 0 Å². The minimum absolute atomic E-state index is 0.152. The molecule has 96 valence electrons. The molecule has 2 rings (SSSR count). The van der Waals surface area contributed by atoms with E-state index >= 15 is 0 Å². The largest absolute Gasteiger partial charge is 0.497 e. The summed E-state index contributed by atoms with van der Waals surface area (Å²) in [6.45, 7) is 0. The minimum atomic E-state index is -0.783. The number of hydrogen-bond acceptors (Lipinski definition) is 4. The molecule has 0 radical (unpaired) electrons. The van der Waals surface area contributed by atoms with Crippen molar-refractivity contribution in [2.75, 3.05) is 7.11 Å². The summed E-state index contributed by atoms with van der Waals surface area (Å²) in [6.07, 6.45) is 0.465. The average Bonchev–Trinajstić information content (AvgIpc) is 2.38. The molecule has 0 spiro atoms. The van der Waals surface area contributed by atoms with Crippen LogP contribution in [0.25, 0.3) is 0 Å². The van der Waals surface area contributed by atoms with Gasteiger partial charge in [0.25, 0.3) is 0 Å². The van der Waals surface area contributed by atoms with Crippen molar-refractivity contribution in [1.29, 1.82) is 0 Å². The molecule has 18 heavy (non-hydrogen) atoms. The number of nitro groups is 1. The summed E-state index contributed by atoms with van der Waals surface area (Å²) in [5.74, 6) is 0.468. The lowest BCUT2D eigenvalue weighted by molar-refractivity contribution is -0.529. The number of amides is 1. The normalized spacial score (nSPS) is 23.3. The molecule has 1 aliphatic heterocycles. The van der Waals surface area contributed by atoms with E-state index in [2.05, 4.69) is 5.32 Å². The maximum Gasteiger partial charge on any atom is 0.237 e. The van der Waals surface area contributed by atoms with Crippen molar-refractivity contribution in [1.82, 2.24) is 5.32 Å². The summed E-state index contributed by atoms with van der Waals surface area (Å²) in [5, 5.41) is 13.7. The molecule has 1 N–H and O–H groups in total. The van der Waals surface area contributed by atoms with Crippen molar-refractivity contribution < 1.29 is 14.5 Å². The van der Waals surface area contributed by atoms with E-state index in [1.165, 1.54) is 7.11 Å². The Bertz CT molecular complexity index is 475. The third-order valence-electron chi connectivity index (χ3n) is 3.09. The van der Waals surface area contributed by atoms with Crippen LogP contribution in [0.4, 0.5) is 0 Å². The molecule has 0 aromatic heterocycles. The molecule has 1 aromatic carbocycles. The van der Waals surface area contributed by atoms with Gasteiger partial charge in [0.1, 0.15) is 11.8 Å². The van der Waals surface area contributed by atoms with Crippen molar-refractivity contribution in [3.8, 4) is 5.75 Å². The Morgan fingerprint density at radius 2 is 2.28 bits per heavy atom. The van der Waals surface area contributed by atoms with Gasteiger partial charge in [-0.1, -0.05) is 12.1 Å². The number of nitrogens with one attached hydrogen (secondary N) is 1. The molecule has 1 amide bonds. The van der Waals surface area contributed by atoms with Gasteiger partial charge >= 0.3 is 0 Å². The van der Waals surface area contributed by atoms with Crippen LogP contribution in [0.2, 0.25) is 0 Å². The van der Waals surface area contributed by atoms with E-state index in [1.54, 1.807) is 24.3 Å². The van der Waals surface area contributed by atoms with E-state index in [9.17, 15) is 14.9 Å². The van der Waals surface area contributed by atoms with Gasteiger partial charge in [-0.3, -0.25) is 14.9 Å². The summed E-state index contributed by atoms with van der Waals surface area (Å²) in [7, 11) is 1.53. The first kappa shape index (κ1) is 12.3. The number of carbonyl (C=O) groups is 1. The summed E-state index contributed by atoms with van der Waals surface area (Å²) >= 11 is 0. The van der Waals surface area contributed by atoms with Gasteiger partial charge in [-0.15, -0.1) is 0 Å². The van der Waals surface area contributed by atoms with Gasteiger partial charge in [0.05, 0.1) is 7.11 Å². The van der Waals surface area contributed by atoms with Crippen LogP contribution >= 0.6 is 0 Å². The van der Waals surface area contributed by atoms with Crippen LogP contribution in [-0.4, -0.2) is 24.0 Å². The van der Waals surface area contributed by atoms with Crippen molar-refractivity contribution >= 4 is 5.91 Å². The smallest absolute Gasteiger partial charge is 0.237 e. The predicted molar refractivity (Wildman–Crippen MR) is 63.9 cm³/mol. The van der Waals surface area contributed by atoms with Crippen LogP contribution in [0, 0.1) is 10.1 Å². The highest BCUT2D eigenvalue weighted by atomic mass is 16.6. The lowest BCUT2D eigenvalue weighted by Crippen LogP contribution is -2.45. The van der Waals surface area contributed by atoms with E-state index in [0.717, 1.165) is 0 Å². The molecule has 0 saturated carbocycles. The Balaban J connectivity index is 2.31. The zero-order chi connectivity index (χ0) is 13.1. The van der Waals surface area contributed by atoms with Gasteiger partial charge in [-0.25, -0.2) is 0 Å². The van der Waals surface area contributed by atoms with E-state index in [0.29, 0.717) is 11.3 Å². The Kier molecular flexibility index (Phi) is 3.45. The maximum atomic E-state index is 11.4. The Hall–Kier alpha value is -2.11. The third kappa shape index (κ3) is 2.42. The molecule has 0 aliphatic carbocycles. The first-order valence-electron chi connectivity index (χ1n) is 5.68. The Morgan fingerprint density at radius 1 is 1.50 bits per heavy atom. The lowest BCUT2D eigenvalue weighted by Gasteiger charge is -2.26. The van der Waals surface area contributed by atoms with Gasteiger partial charge < -0.3 is 10.1 Å². The van der Waals surface area contributed by atoms with Crippen LogP contribution in [0.3, 0.4) is 0 Å². The fraction of sp³-hybridized carbons (Fsp3) is 0.417. The summed E-state index contributed by atoms with van der Waals surface area (Å²) < 4.78 is 5.09. The quantitative estimate of drug-likeness (QED) is 0.647. The number of piperidine rings is 1. The maximum absolute atomic E-state index is 11.4. The van der Waals surface area contributed by atoms with Crippen molar-refractivity contribution in [3.05, 3.63) is 39.9 Å². The molecule has 1 aromatic rings. The first-order valence-corrected chi connectivity index (χ1v) is 5.68. The lowest BCUT2D eigenvalue weighted by atomic mass is 9.92. The van der Waals surface area contributed by atoms with Crippen LogP contribution in [0.15, 0.2) is 24.3 Å². The van der Waals surface area contributed by atoms with Crippen LogP contribution in [-0.2, 0) is 4.79 Å². The third-order valence-corrected chi connectivity index (χ3v) is 3.09. The number of carbonyl (C=O) groups excluding carboxylic acids is 1. The molecule has 0 bridgehead atoms. The average molecular weight is 250 g/mol. The predicted octanol–water partition coefficient (Wildman–Crippen LogP) is 1.29. The molecule has 6 heteroatoms. The molecule has 1 heterocycles. The standard InChI is InChI=1S/C12H14N2O4/c1-18-9-4-2-3-8(7-9)12-10(14(16)17)5-6-11(15)13-12/h2-4,7,10,12H,5-6H2,1H3,(H,13,15). The van der Waals surface area contributed by atoms with Crippen LogP contribution in [0.1, 0.15) is 24.4 Å². The van der Waals surface area contributed by atoms with E-state index < -0.39 is 12.1 Å². The Labute approximate surface area is 104 Å². The molecule has 1 saturated heterocycles. The van der Waals surface area contributed by atoms with Gasteiger partial charge in [0.15, 0.2) is 0 Å². The Morgan fingerprint density at radius 3 is 2.94 bits per heavy atom. The number of methoxy groups -OCH3 is 1. The van der Waals surface area contributed by atoms with Crippen LogP contribution < -0.4 is 10.1 Å². The molecule has 2 atom stereocenters. The van der Waals surface area contributed by atoms with E-state index in [1.807, 2.05) is 0 Å². The fourth-order valence-corrected chi connectivity index (χ4v) is 2.16. The zero-order valence-corrected chi connectivity index (χ0v) is 9.96. The second kappa shape index (κ2) is 5.03. The number of rotatable bonds is 3. The number of ether oxygens (including phenoxy) is 1. The monoisotopic (exact) mass is 250 g/mol. The van der Waals surface area contributed by atoms with Crippen LogP contribution in [0.5, 0.6) is 5.75 Å². The SMILES string of the molecule is COc1cccc(C2NC(=O)CCC2[N+](=O)[O-])c1. The minimum Gasteiger partial charge on any atom is -0.497 e. The van der Waals surface area contributed by atoms with Gasteiger partial charge in [-0.05, 0) is 17.7 Å². The number of benzene rings is 1. The summed E-state index contributed by atoms with van der Waals surface area (Å²) in [6, 6.07) is 5.62. The van der Waals surface area contributed by atoms with E-state index in [-0.39, 0.29) is 23.7 Å². The molecular weight excluding hydrogens is 236 g/mol. The van der Waals surface area contributed by atoms with Crippen molar-refractivity contribution in [2.24, 2.45) is 0 Å². The topological polar surface area (TPSA) is 81.5 Å². The fourth-order valence-electron chi connectivity index (χ4n) is 2.16. The second-order valence-corrected chi connectivity index (χ2v) is 4.21. The van der Waals surface area contributed by atoms with Crippen molar-refractivity contribution in [2.45, 2.75) is 24.9 Å². The van der Waals surface area contributed by atoms with Gasteiger partial charge in [0, 0.05) is 17.8 Å². The molecular formula is C12H14N2O4. The van der Waals surface area contributed by atoms with E-state index in [4.69, 9.17) is 4.74 Å². The molecule has 2 unspecified atom stereocenters. The summed E-state index contributed by atoms with van der Waals surface area (Å²) in [5.41, 5.74) is 0.698. The summed E-state index contributed by atoms with van der Waals surface area (Å²) in [4.78, 5) is 22.1. The highest BCUT2D eigenvalue weighted by Crippen LogP contribution is 2.28. The number of nitrogens with zero attached hydrogens (tertiary/aromatic N) is 1. The molecule has 6 nitrogen and oxygen atoms in total.